The summed E-state index contributed by atoms with van der Waals surface area (Å²) in [6.07, 6.45) is 6.19. The molecule has 0 spiro atoms. The number of aryl methyl sites for hydroxylation is 1. The summed E-state index contributed by atoms with van der Waals surface area (Å²) in [5.74, 6) is -1.09. The van der Waals surface area contributed by atoms with Gasteiger partial charge in [0.25, 0.3) is 5.91 Å². The fourth-order valence-corrected chi connectivity index (χ4v) is 3.76. The number of aromatic nitrogens is 2. The van der Waals surface area contributed by atoms with Crippen LogP contribution in [0.5, 0.6) is 5.88 Å². The van der Waals surface area contributed by atoms with Gasteiger partial charge in [-0.1, -0.05) is 26.5 Å². The van der Waals surface area contributed by atoms with Gasteiger partial charge in [-0.3, -0.25) is 14.4 Å². The first kappa shape index (κ1) is 25.5. The van der Waals surface area contributed by atoms with Crippen molar-refractivity contribution in [2.24, 2.45) is 17.4 Å². The second kappa shape index (κ2) is 11.2. The smallest absolute Gasteiger partial charge is 0.255 e. The number of carbonyl (C=O) groups is 3. The Kier molecular flexibility index (Phi) is 8.67. The Morgan fingerprint density at radius 1 is 1.21 bits per heavy atom. The third kappa shape index (κ3) is 6.38. The van der Waals surface area contributed by atoms with Gasteiger partial charge in [-0.15, -0.1) is 0 Å². The number of primary amides is 2. The highest BCUT2D eigenvalue weighted by Crippen LogP contribution is 2.32. The molecule has 176 valence electrons. The minimum absolute atomic E-state index is 0. The van der Waals surface area contributed by atoms with Crippen LogP contribution in [0, 0.1) is 12.8 Å². The van der Waals surface area contributed by atoms with E-state index < -0.39 is 11.8 Å². The number of hydrogen-bond acceptors (Lipinski definition) is 7. The van der Waals surface area contributed by atoms with Crippen molar-refractivity contribution in [2.75, 3.05) is 5.32 Å². The summed E-state index contributed by atoms with van der Waals surface area (Å²) in [7, 11) is 0. The quantitative estimate of drug-likeness (QED) is 0.492. The van der Waals surface area contributed by atoms with E-state index in [9.17, 15) is 14.4 Å². The maximum absolute atomic E-state index is 11.9. The molecule has 1 heterocycles. The van der Waals surface area contributed by atoms with Crippen LogP contribution < -0.4 is 21.5 Å². The van der Waals surface area contributed by atoms with Gasteiger partial charge < -0.3 is 21.5 Å². The van der Waals surface area contributed by atoms with Crippen molar-refractivity contribution in [3.8, 4) is 5.88 Å². The van der Waals surface area contributed by atoms with E-state index >= 15 is 0 Å². The molecule has 2 atom stereocenters. The van der Waals surface area contributed by atoms with Crippen molar-refractivity contribution >= 4 is 29.2 Å². The molecule has 2 unspecified atom stereocenters. The van der Waals surface area contributed by atoms with Crippen molar-refractivity contribution in [3.05, 3.63) is 53.7 Å². The maximum atomic E-state index is 11.9. The summed E-state index contributed by atoms with van der Waals surface area (Å²) < 4.78 is 6.12. The Hall–Kier alpha value is -3.75. The normalized spacial score (nSPS) is 17.4. The van der Waals surface area contributed by atoms with E-state index in [1.807, 2.05) is 6.92 Å². The number of ketones is 1. The maximum Gasteiger partial charge on any atom is 0.255 e. The second-order valence-corrected chi connectivity index (χ2v) is 7.87. The first-order valence-electron chi connectivity index (χ1n) is 10.4. The number of amides is 2. The number of rotatable bonds is 9. The molecule has 33 heavy (non-hydrogen) atoms. The molecule has 1 aromatic carbocycles. The standard InChI is InChI=1S/C23H27N5O4.CH4/c1-3-16(29)10-14-6-4-5-7-19(14)32-22-17(21(25)31)12-26-23(28-22)27-18-11-15(20(24)30)9-8-13(18)2;/h3,8-9,11-12,14,19H,1,4-7,10H2,2H3,(H2,24,30)(H2,25,31)(H,26,27,28);1H4. The molecule has 5 N–H and O–H groups in total. The van der Waals surface area contributed by atoms with Crippen LogP contribution in [0.4, 0.5) is 11.6 Å². The van der Waals surface area contributed by atoms with Crippen LogP contribution in [-0.4, -0.2) is 33.7 Å². The molecule has 1 aliphatic rings. The van der Waals surface area contributed by atoms with E-state index in [2.05, 4.69) is 21.9 Å². The van der Waals surface area contributed by atoms with Gasteiger partial charge >= 0.3 is 0 Å². The van der Waals surface area contributed by atoms with Gasteiger partial charge in [-0.25, -0.2) is 4.98 Å². The molecule has 2 amide bonds. The van der Waals surface area contributed by atoms with Crippen LogP contribution in [0.3, 0.4) is 0 Å². The highest BCUT2D eigenvalue weighted by molar-refractivity contribution is 5.95. The molecule has 9 heteroatoms. The van der Waals surface area contributed by atoms with E-state index in [1.165, 1.54) is 12.3 Å². The Balaban J connectivity index is 0.00000385. The topological polar surface area (TPSA) is 150 Å². The monoisotopic (exact) mass is 453 g/mol. The Morgan fingerprint density at radius 2 is 1.94 bits per heavy atom. The molecular formula is C24H31N5O4. The van der Waals surface area contributed by atoms with Crippen LogP contribution in [0.25, 0.3) is 0 Å². The van der Waals surface area contributed by atoms with Crippen LogP contribution in [-0.2, 0) is 4.79 Å². The van der Waals surface area contributed by atoms with E-state index in [0.29, 0.717) is 17.7 Å². The second-order valence-electron chi connectivity index (χ2n) is 7.87. The van der Waals surface area contributed by atoms with Crippen LogP contribution in [0.15, 0.2) is 37.1 Å². The predicted molar refractivity (Wildman–Crippen MR) is 126 cm³/mol. The van der Waals surface area contributed by atoms with Gasteiger partial charge in [0.2, 0.25) is 17.7 Å². The van der Waals surface area contributed by atoms with Gasteiger partial charge in [-0.2, -0.15) is 4.98 Å². The number of nitrogens with zero attached hydrogens (tertiary/aromatic N) is 2. The predicted octanol–water partition coefficient (Wildman–Crippen LogP) is 3.45. The molecule has 0 saturated heterocycles. The average molecular weight is 454 g/mol. The number of carbonyl (C=O) groups excluding carboxylic acids is 3. The molecule has 9 nitrogen and oxygen atoms in total. The molecular weight excluding hydrogens is 422 g/mol. The van der Waals surface area contributed by atoms with E-state index in [0.717, 1.165) is 31.2 Å². The molecule has 0 radical (unpaired) electrons. The Labute approximate surface area is 193 Å². The fourth-order valence-electron chi connectivity index (χ4n) is 3.76. The van der Waals surface area contributed by atoms with Crippen molar-refractivity contribution in [1.29, 1.82) is 0 Å². The largest absolute Gasteiger partial charge is 0.473 e. The Bertz CT molecular complexity index is 1050. The van der Waals surface area contributed by atoms with Crippen molar-refractivity contribution in [2.45, 2.75) is 52.6 Å². The van der Waals surface area contributed by atoms with Gasteiger partial charge in [0.1, 0.15) is 11.7 Å². The van der Waals surface area contributed by atoms with Gasteiger partial charge in [0.15, 0.2) is 5.78 Å². The molecule has 1 aliphatic carbocycles. The van der Waals surface area contributed by atoms with Crippen LogP contribution in [0.2, 0.25) is 0 Å². The first-order valence-corrected chi connectivity index (χ1v) is 10.4. The number of allylic oxidation sites excluding steroid dienone is 1. The lowest BCUT2D eigenvalue weighted by Gasteiger charge is -2.31. The number of anilines is 2. The molecule has 0 aliphatic heterocycles. The number of benzene rings is 1. The summed E-state index contributed by atoms with van der Waals surface area (Å²) in [4.78, 5) is 43.9. The Morgan fingerprint density at radius 3 is 2.61 bits per heavy atom. The number of nitrogens with two attached hydrogens (primary N) is 2. The minimum Gasteiger partial charge on any atom is -0.473 e. The lowest BCUT2D eigenvalue weighted by Crippen LogP contribution is -2.33. The number of ether oxygens (including phenoxy) is 1. The zero-order valence-electron chi connectivity index (χ0n) is 18.0. The summed E-state index contributed by atoms with van der Waals surface area (Å²) in [5, 5.41) is 3.03. The zero-order valence-corrected chi connectivity index (χ0v) is 18.0. The summed E-state index contributed by atoms with van der Waals surface area (Å²) in [6.45, 7) is 5.39. The van der Waals surface area contributed by atoms with E-state index in [1.54, 1.807) is 18.2 Å². The van der Waals surface area contributed by atoms with Crippen molar-refractivity contribution < 1.29 is 19.1 Å². The average Bonchev–Trinajstić information content (AvgIpc) is 2.76. The SMILES string of the molecule is C.C=CC(=O)CC1CCCCC1Oc1nc(Nc2cc(C(N)=O)ccc2C)ncc1C(N)=O. The van der Waals surface area contributed by atoms with E-state index in [4.69, 9.17) is 16.2 Å². The van der Waals surface area contributed by atoms with Crippen molar-refractivity contribution in [1.82, 2.24) is 9.97 Å². The fraction of sp³-hybridized carbons (Fsp3) is 0.375. The van der Waals surface area contributed by atoms with Crippen LogP contribution in [0.1, 0.15) is 65.8 Å². The minimum atomic E-state index is -0.715. The van der Waals surface area contributed by atoms with Gasteiger partial charge in [0.05, 0.1) is 0 Å². The third-order valence-corrected chi connectivity index (χ3v) is 5.58. The molecule has 1 aromatic heterocycles. The van der Waals surface area contributed by atoms with Gasteiger partial charge in [0, 0.05) is 29.8 Å². The lowest BCUT2D eigenvalue weighted by atomic mass is 9.83. The molecule has 2 aromatic rings. The summed E-state index contributed by atoms with van der Waals surface area (Å²) in [6, 6.07) is 4.98. The molecule has 0 bridgehead atoms. The zero-order chi connectivity index (χ0) is 23.3. The summed E-state index contributed by atoms with van der Waals surface area (Å²) >= 11 is 0. The highest BCUT2D eigenvalue weighted by atomic mass is 16.5. The number of hydrogen-bond donors (Lipinski definition) is 3. The van der Waals surface area contributed by atoms with Gasteiger partial charge in [-0.05, 0) is 50.0 Å². The molecule has 1 fully saturated rings. The van der Waals surface area contributed by atoms with E-state index in [-0.39, 0.29) is 42.6 Å². The summed E-state index contributed by atoms with van der Waals surface area (Å²) in [5.41, 5.74) is 12.7. The first-order chi connectivity index (χ1) is 15.3. The molecule has 1 saturated carbocycles. The van der Waals surface area contributed by atoms with Crippen molar-refractivity contribution in [3.63, 3.8) is 0 Å². The van der Waals surface area contributed by atoms with Crippen LogP contribution >= 0.6 is 0 Å². The highest BCUT2D eigenvalue weighted by Gasteiger charge is 2.30. The molecule has 3 rings (SSSR count). The number of nitrogens with one attached hydrogen (secondary N) is 1. The lowest BCUT2D eigenvalue weighted by molar-refractivity contribution is -0.116. The third-order valence-electron chi connectivity index (χ3n) is 5.58.